The van der Waals surface area contributed by atoms with E-state index in [1.54, 1.807) is 0 Å². The highest BCUT2D eigenvalue weighted by Gasteiger charge is 2.27. The molecule has 0 spiro atoms. The number of rotatable bonds is 7. The Balaban J connectivity index is 1.44. The maximum Gasteiger partial charge on any atom is 0.251 e. The number of anilines is 1. The minimum absolute atomic E-state index is 0.185. The van der Waals surface area contributed by atoms with Crippen molar-refractivity contribution in [3.8, 4) is 0 Å². The normalized spacial score (nSPS) is 13.8. The van der Waals surface area contributed by atoms with E-state index in [1.807, 2.05) is 48.9 Å². The molecule has 1 unspecified atom stereocenters. The minimum atomic E-state index is -0.483. The van der Waals surface area contributed by atoms with E-state index in [1.165, 1.54) is 23.1 Å². The second kappa shape index (κ2) is 8.61. The van der Waals surface area contributed by atoms with Crippen LogP contribution in [0.4, 0.5) is 5.00 Å². The van der Waals surface area contributed by atoms with Gasteiger partial charge in [0.05, 0.1) is 10.8 Å². The molecule has 1 atom stereocenters. The molecule has 2 amide bonds. The summed E-state index contributed by atoms with van der Waals surface area (Å²) in [6.45, 7) is 1.82. The van der Waals surface area contributed by atoms with Gasteiger partial charge in [-0.05, 0) is 37.3 Å². The highest BCUT2D eigenvalue weighted by Crippen LogP contribution is 2.39. The Morgan fingerprint density at radius 3 is 2.77 bits per heavy atom. The first-order valence-corrected chi connectivity index (χ1v) is 11.5. The zero-order chi connectivity index (χ0) is 21.3. The van der Waals surface area contributed by atoms with Crippen molar-refractivity contribution in [2.45, 2.75) is 43.0 Å². The predicted molar refractivity (Wildman–Crippen MR) is 119 cm³/mol. The van der Waals surface area contributed by atoms with Crippen LogP contribution in [-0.4, -0.2) is 31.8 Å². The van der Waals surface area contributed by atoms with Crippen molar-refractivity contribution < 1.29 is 9.59 Å². The number of nitrogens with zero attached hydrogens (tertiary/aromatic N) is 3. The molecule has 2 heterocycles. The molecule has 30 heavy (non-hydrogen) atoms. The number of aryl methyl sites for hydroxylation is 1. The van der Waals surface area contributed by atoms with E-state index >= 15 is 0 Å². The average molecular weight is 442 g/mol. The van der Waals surface area contributed by atoms with Crippen molar-refractivity contribution in [1.29, 1.82) is 0 Å². The molecule has 7 nitrogen and oxygen atoms in total. The van der Waals surface area contributed by atoms with Gasteiger partial charge in [0.1, 0.15) is 10.8 Å². The topological polar surface area (TPSA) is 103 Å². The summed E-state index contributed by atoms with van der Waals surface area (Å²) in [4.78, 5) is 25.9. The summed E-state index contributed by atoms with van der Waals surface area (Å²) in [5, 5.41) is 12.3. The number of thioether (sulfide) groups is 1. The molecule has 0 saturated carbocycles. The number of amides is 2. The van der Waals surface area contributed by atoms with Gasteiger partial charge in [-0.1, -0.05) is 42.1 Å². The molecule has 156 valence electrons. The lowest BCUT2D eigenvalue weighted by molar-refractivity contribution is -0.115. The molecule has 0 fully saturated rings. The molecule has 3 aromatic rings. The predicted octanol–water partition coefficient (Wildman–Crippen LogP) is 3.17. The van der Waals surface area contributed by atoms with Crippen molar-refractivity contribution in [3.05, 3.63) is 57.7 Å². The number of thiophene rings is 1. The summed E-state index contributed by atoms with van der Waals surface area (Å²) in [6.07, 6.45) is 3.48. The van der Waals surface area contributed by atoms with Crippen molar-refractivity contribution in [3.63, 3.8) is 0 Å². The van der Waals surface area contributed by atoms with E-state index < -0.39 is 11.2 Å². The first-order valence-electron chi connectivity index (χ1n) is 9.78. The van der Waals surface area contributed by atoms with Gasteiger partial charge in [0.15, 0.2) is 5.16 Å². The van der Waals surface area contributed by atoms with Crippen LogP contribution in [0.5, 0.6) is 0 Å². The number of nitrogens with one attached hydrogen (secondary N) is 1. The molecule has 0 aliphatic heterocycles. The van der Waals surface area contributed by atoms with Gasteiger partial charge in [-0.25, -0.2) is 0 Å². The van der Waals surface area contributed by atoms with Crippen LogP contribution in [0.15, 0.2) is 35.5 Å². The second-order valence-corrected chi connectivity index (χ2v) is 9.71. The molecule has 0 radical (unpaired) electrons. The molecule has 4 rings (SSSR count). The van der Waals surface area contributed by atoms with E-state index in [4.69, 9.17) is 5.73 Å². The third-order valence-corrected chi connectivity index (χ3v) is 7.53. The Morgan fingerprint density at radius 1 is 1.27 bits per heavy atom. The second-order valence-electron chi connectivity index (χ2n) is 7.30. The Hall–Kier alpha value is -2.65. The number of primary amides is 1. The number of benzene rings is 1. The van der Waals surface area contributed by atoms with Crippen LogP contribution in [0.25, 0.3) is 0 Å². The Bertz CT molecular complexity index is 1090. The molecular formula is C21H23N5O2S2. The molecule has 0 saturated heterocycles. The standard InChI is InChI=1S/C21H23N5O2S2/c1-12(19(28)23-20-17(18(22)27)14-9-6-10-15(14)30-20)29-21-25-24-16(26(21)2)11-13-7-4-3-5-8-13/h3-5,7-8,12H,6,9-11H2,1-2H3,(H2,22,27)(H,23,28). The van der Waals surface area contributed by atoms with E-state index in [2.05, 4.69) is 15.5 Å². The smallest absolute Gasteiger partial charge is 0.251 e. The van der Waals surface area contributed by atoms with Crippen LogP contribution in [-0.2, 0) is 31.1 Å². The van der Waals surface area contributed by atoms with E-state index in [9.17, 15) is 9.59 Å². The first-order chi connectivity index (χ1) is 14.4. The Morgan fingerprint density at radius 2 is 2.03 bits per heavy atom. The molecular weight excluding hydrogens is 418 g/mol. The van der Waals surface area contributed by atoms with Gasteiger partial charge in [0.25, 0.3) is 5.91 Å². The number of fused-ring (bicyclic) bond motifs is 1. The quantitative estimate of drug-likeness (QED) is 0.548. The largest absolute Gasteiger partial charge is 0.365 e. The van der Waals surface area contributed by atoms with Crippen LogP contribution in [0.3, 0.4) is 0 Å². The highest BCUT2D eigenvalue weighted by atomic mass is 32.2. The Labute approximate surface area is 183 Å². The van der Waals surface area contributed by atoms with Gasteiger partial charge < -0.3 is 15.6 Å². The van der Waals surface area contributed by atoms with E-state index in [-0.39, 0.29) is 5.91 Å². The highest BCUT2D eigenvalue weighted by molar-refractivity contribution is 8.00. The molecule has 0 bridgehead atoms. The lowest BCUT2D eigenvalue weighted by Crippen LogP contribution is -2.24. The number of aromatic nitrogens is 3. The van der Waals surface area contributed by atoms with Crippen LogP contribution in [0.2, 0.25) is 0 Å². The summed E-state index contributed by atoms with van der Waals surface area (Å²) < 4.78 is 1.91. The number of hydrogen-bond donors (Lipinski definition) is 2. The van der Waals surface area contributed by atoms with Crippen LogP contribution >= 0.6 is 23.1 Å². The minimum Gasteiger partial charge on any atom is -0.365 e. The fourth-order valence-electron chi connectivity index (χ4n) is 3.56. The summed E-state index contributed by atoms with van der Waals surface area (Å²) in [5.41, 5.74) is 8.21. The van der Waals surface area contributed by atoms with Crippen molar-refractivity contribution in [1.82, 2.24) is 14.8 Å². The fraction of sp³-hybridized carbons (Fsp3) is 0.333. The summed E-state index contributed by atoms with van der Waals surface area (Å²) >= 11 is 2.80. The summed E-state index contributed by atoms with van der Waals surface area (Å²) in [6, 6.07) is 10.1. The van der Waals surface area contributed by atoms with Gasteiger partial charge in [0, 0.05) is 18.3 Å². The summed E-state index contributed by atoms with van der Waals surface area (Å²) in [5.74, 6) is 0.167. The third-order valence-electron chi connectivity index (χ3n) is 5.19. The van der Waals surface area contributed by atoms with E-state index in [0.717, 1.165) is 41.1 Å². The van der Waals surface area contributed by atoms with Crippen LogP contribution in [0, 0.1) is 0 Å². The number of hydrogen-bond acceptors (Lipinski definition) is 6. The van der Waals surface area contributed by atoms with Crippen molar-refractivity contribution in [2.75, 3.05) is 5.32 Å². The SMILES string of the molecule is CC(Sc1nnc(Cc2ccccc2)n1C)C(=O)Nc1sc2c(c1C(N)=O)CCC2. The molecule has 9 heteroatoms. The van der Waals surface area contributed by atoms with Crippen LogP contribution in [0.1, 0.15) is 45.5 Å². The average Bonchev–Trinajstić information content (AvgIpc) is 3.39. The van der Waals surface area contributed by atoms with Gasteiger partial charge in [-0.2, -0.15) is 0 Å². The molecule has 3 N–H and O–H groups in total. The fourth-order valence-corrected chi connectivity index (χ4v) is 5.69. The van der Waals surface area contributed by atoms with E-state index in [0.29, 0.717) is 22.1 Å². The zero-order valence-corrected chi connectivity index (χ0v) is 18.5. The maximum atomic E-state index is 12.8. The number of carbonyl (C=O) groups is 2. The number of carbonyl (C=O) groups excluding carboxylic acids is 2. The van der Waals surface area contributed by atoms with Gasteiger partial charge in [-0.3, -0.25) is 9.59 Å². The van der Waals surface area contributed by atoms with Crippen molar-refractivity contribution >= 4 is 39.9 Å². The lowest BCUT2D eigenvalue weighted by Gasteiger charge is -2.12. The molecule has 1 aromatic carbocycles. The lowest BCUT2D eigenvalue weighted by atomic mass is 10.1. The monoisotopic (exact) mass is 441 g/mol. The maximum absolute atomic E-state index is 12.8. The molecule has 2 aromatic heterocycles. The summed E-state index contributed by atoms with van der Waals surface area (Å²) in [7, 11) is 1.90. The van der Waals surface area contributed by atoms with Gasteiger partial charge in [0.2, 0.25) is 5.91 Å². The number of nitrogens with two attached hydrogens (primary N) is 1. The van der Waals surface area contributed by atoms with Gasteiger partial charge >= 0.3 is 0 Å². The molecule has 1 aliphatic rings. The zero-order valence-electron chi connectivity index (χ0n) is 16.8. The van der Waals surface area contributed by atoms with Crippen LogP contribution < -0.4 is 11.1 Å². The third kappa shape index (κ3) is 4.13. The Kier molecular flexibility index (Phi) is 5.92. The van der Waals surface area contributed by atoms with Gasteiger partial charge in [-0.15, -0.1) is 21.5 Å². The molecule has 1 aliphatic carbocycles. The van der Waals surface area contributed by atoms with Crippen molar-refractivity contribution in [2.24, 2.45) is 12.8 Å². The first kappa shape index (κ1) is 20.6.